The van der Waals surface area contributed by atoms with Crippen molar-refractivity contribution >= 4 is 22.6 Å². The van der Waals surface area contributed by atoms with Gasteiger partial charge >= 0.3 is 6.18 Å². The summed E-state index contributed by atoms with van der Waals surface area (Å²) in [5.74, 6) is -0.825. The van der Waals surface area contributed by atoms with Gasteiger partial charge in [-0.25, -0.2) is 4.98 Å². The van der Waals surface area contributed by atoms with Crippen LogP contribution in [0.4, 0.5) is 18.9 Å². The number of aromatic nitrogens is 2. The van der Waals surface area contributed by atoms with Crippen LogP contribution in [0.3, 0.4) is 0 Å². The Hall–Kier alpha value is -3.81. The van der Waals surface area contributed by atoms with E-state index in [2.05, 4.69) is 10.3 Å². The number of carbonyl (C=O) groups is 1. The molecular formula is C23H18F3N3O2. The molecule has 0 saturated carbocycles. The molecule has 0 bridgehead atoms. The highest BCUT2D eigenvalue weighted by molar-refractivity contribution is 5.92. The quantitative estimate of drug-likeness (QED) is 0.476. The average Bonchev–Trinajstić information content (AvgIpc) is 3.14. The smallest absolute Gasteiger partial charge is 0.450 e. The zero-order valence-corrected chi connectivity index (χ0v) is 16.5. The Bertz CT molecular complexity index is 1220. The van der Waals surface area contributed by atoms with Crippen molar-refractivity contribution in [2.75, 3.05) is 12.4 Å². The molecule has 0 aliphatic carbocycles. The fraction of sp³-hybridized carbons (Fsp3) is 0.130. The molecule has 4 aromatic rings. The van der Waals surface area contributed by atoms with Gasteiger partial charge in [0.2, 0.25) is 11.7 Å². The first-order valence-corrected chi connectivity index (χ1v) is 9.43. The Balaban J connectivity index is 1.63. The minimum atomic E-state index is -4.64. The van der Waals surface area contributed by atoms with Crippen LogP contribution < -0.4 is 10.1 Å². The van der Waals surface area contributed by atoms with E-state index in [4.69, 9.17) is 4.74 Å². The maximum absolute atomic E-state index is 13.6. The van der Waals surface area contributed by atoms with Crippen molar-refractivity contribution in [3.8, 4) is 11.4 Å². The van der Waals surface area contributed by atoms with E-state index in [1.165, 1.54) is 31.4 Å². The maximum Gasteiger partial charge on any atom is 0.450 e. The second-order valence-corrected chi connectivity index (χ2v) is 6.88. The summed E-state index contributed by atoms with van der Waals surface area (Å²) in [6.45, 7) is 0. The Kier molecular flexibility index (Phi) is 5.37. The summed E-state index contributed by atoms with van der Waals surface area (Å²) in [5.41, 5.74) is 2.11. The van der Waals surface area contributed by atoms with Crippen LogP contribution in [0.2, 0.25) is 0 Å². The number of ether oxygens (including phenoxy) is 1. The number of anilines is 1. The van der Waals surface area contributed by atoms with Crippen molar-refractivity contribution in [2.24, 2.45) is 0 Å². The summed E-state index contributed by atoms with van der Waals surface area (Å²) in [4.78, 5) is 16.0. The summed E-state index contributed by atoms with van der Waals surface area (Å²) in [6.07, 6.45) is -4.44. The Morgan fingerprint density at radius 3 is 2.39 bits per heavy atom. The first-order chi connectivity index (χ1) is 14.8. The predicted octanol–water partition coefficient (Wildman–Crippen LogP) is 5.23. The molecule has 0 aliphatic heterocycles. The third-order valence-corrected chi connectivity index (χ3v) is 4.73. The molecule has 8 heteroatoms. The second kappa shape index (κ2) is 8.14. The van der Waals surface area contributed by atoms with E-state index in [1.54, 1.807) is 18.2 Å². The van der Waals surface area contributed by atoms with Crippen molar-refractivity contribution in [3.63, 3.8) is 0 Å². The number of benzene rings is 3. The molecular weight excluding hydrogens is 407 g/mol. The molecule has 158 valence electrons. The highest BCUT2D eigenvalue weighted by Crippen LogP contribution is 2.35. The van der Waals surface area contributed by atoms with Crippen molar-refractivity contribution in [2.45, 2.75) is 12.6 Å². The number of carbonyl (C=O) groups excluding carboxylic acids is 1. The normalized spacial score (nSPS) is 11.5. The summed E-state index contributed by atoms with van der Waals surface area (Å²) < 4.78 is 47.1. The van der Waals surface area contributed by atoms with Gasteiger partial charge in [0.05, 0.1) is 24.6 Å². The lowest BCUT2D eigenvalue weighted by Gasteiger charge is -2.12. The van der Waals surface area contributed by atoms with Crippen LogP contribution in [-0.2, 0) is 17.4 Å². The van der Waals surface area contributed by atoms with Crippen LogP contribution in [0, 0.1) is 0 Å². The zero-order chi connectivity index (χ0) is 22.0. The van der Waals surface area contributed by atoms with E-state index < -0.39 is 12.0 Å². The third kappa shape index (κ3) is 4.37. The zero-order valence-electron chi connectivity index (χ0n) is 16.5. The molecule has 0 saturated heterocycles. The van der Waals surface area contributed by atoms with Gasteiger partial charge in [0, 0.05) is 17.4 Å². The first-order valence-electron chi connectivity index (χ1n) is 9.43. The fourth-order valence-corrected chi connectivity index (χ4v) is 3.32. The molecule has 4 rings (SSSR count). The molecule has 1 N–H and O–H groups in total. The summed E-state index contributed by atoms with van der Waals surface area (Å²) in [6, 6.07) is 20.0. The molecule has 1 amide bonds. The van der Waals surface area contributed by atoms with Gasteiger partial charge in [0.25, 0.3) is 0 Å². The van der Waals surface area contributed by atoms with Crippen molar-refractivity contribution in [1.82, 2.24) is 9.55 Å². The van der Waals surface area contributed by atoms with Gasteiger partial charge in [-0.15, -0.1) is 0 Å². The molecule has 0 fully saturated rings. The highest BCUT2D eigenvalue weighted by atomic mass is 19.4. The van der Waals surface area contributed by atoms with Crippen LogP contribution in [-0.4, -0.2) is 22.6 Å². The minimum Gasteiger partial charge on any atom is -0.497 e. The van der Waals surface area contributed by atoms with Gasteiger partial charge in [-0.05, 0) is 42.0 Å². The van der Waals surface area contributed by atoms with Gasteiger partial charge in [-0.2, -0.15) is 13.2 Å². The molecule has 0 aliphatic rings. The third-order valence-electron chi connectivity index (χ3n) is 4.73. The molecule has 0 atom stereocenters. The number of fused-ring (bicyclic) bond motifs is 1. The van der Waals surface area contributed by atoms with Crippen LogP contribution in [0.1, 0.15) is 11.4 Å². The number of rotatable bonds is 5. The lowest BCUT2D eigenvalue weighted by molar-refractivity contribution is -0.145. The van der Waals surface area contributed by atoms with Crippen molar-refractivity contribution < 1.29 is 22.7 Å². The van der Waals surface area contributed by atoms with E-state index >= 15 is 0 Å². The lowest BCUT2D eigenvalue weighted by Crippen LogP contribution is -2.15. The topological polar surface area (TPSA) is 56.1 Å². The van der Waals surface area contributed by atoms with Crippen molar-refractivity contribution in [3.05, 3.63) is 84.2 Å². The largest absolute Gasteiger partial charge is 0.497 e. The van der Waals surface area contributed by atoms with E-state index in [-0.39, 0.29) is 23.5 Å². The van der Waals surface area contributed by atoms with E-state index in [9.17, 15) is 18.0 Å². The molecule has 1 heterocycles. The number of imidazole rings is 1. The van der Waals surface area contributed by atoms with Gasteiger partial charge < -0.3 is 10.1 Å². The summed E-state index contributed by atoms with van der Waals surface area (Å²) in [5, 5.41) is 2.76. The summed E-state index contributed by atoms with van der Waals surface area (Å²) >= 11 is 0. The number of alkyl halides is 3. The molecule has 0 spiro atoms. The monoisotopic (exact) mass is 425 g/mol. The number of nitrogens with zero attached hydrogens (tertiary/aromatic N) is 2. The minimum absolute atomic E-state index is 0.173. The molecule has 0 radical (unpaired) electrons. The lowest BCUT2D eigenvalue weighted by atomic mass is 10.1. The van der Waals surface area contributed by atoms with Crippen LogP contribution >= 0.6 is 0 Å². The van der Waals surface area contributed by atoms with Gasteiger partial charge in [-0.3, -0.25) is 9.36 Å². The predicted molar refractivity (Wildman–Crippen MR) is 111 cm³/mol. The second-order valence-electron chi connectivity index (χ2n) is 6.88. The van der Waals surface area contributed by atoms with E-state index in [1.807, 2.05) is 30.3 Å². The van der Waals surface area contributed by atoms with Gasteiger partial charge in [-0.1, -0.05) is 30.3 Å². The van der Waals surface area contributed by atoms with E-state index in [0.29, 0.717) is 17.0 Å². The number of methoxy groups -OCH3 is 1. The number of amides is 1. The number of hydrogen-bond donors (Lipinski definition) is 1. The number of hydrogen-bond acceptors (Lipinski definition) is 3. The molecule has 0 unspecified atom stereocenters. The maximum atomic E-state index is 13.6. The average molecular weight is 425 g/mol. The van der Waals surface area contributed by atoms with Crippen LogP contribution in [0.25, 0.3) is 16.7 Å². The molecule has 3 aromatic carbocycles. The van der Waals surface area contributed by atoms with Crippen LogP contribution in [0.5, 0.6) is 5.75 Å². The van der Waals surface area contributed by atoms with Crippen molar-refractivity contribution in [1.29, 1.82) is 0 Å². The fourth-order valence-electron chi connectivity index (χ4n) is 3.32. The Labute approximate surface area is 176 Å². The summed E-state index contributed by atoms with van der Waals surface area (Å²) in [7, 11) is 1.44. The van der Waals surface area contributed by atoms with E-state index in [0.717, 1.165) is 10.1 Å². The highest BCUT2D eigenvalue weighted by Gasteiger charge is 2.38. The standard InChI is InChI=1S/C23H18F3N3O2/c1-31-18-11-12-20-19(14-18)28-22(23(24,25)26)29(20)17-9-7-16(8-10-17)27-21(30)13-15-5-3-2-4-6-15/h2-12,14H,13H2,1H3,(H,27,30). The van der Waals surface area contributed by atoms with Gasteiger partial charge in [0.1, 0.15) is 5.75 Å². The Morgan fingerprint density at radius 1 is 1.03 bits per heavy atom. The Morgan fingerprint density at radius 2 is 1.74 bits per heavy atom. The molecule has 5 nitrogen and oxygen atoms in total. The number of nitrogens with one attached hydrogen (secondary N) is 1. The molecule has 31 heavy (non-hydrogen) atoms. The SMILES string of the molecule is COc1ccc2c(c1)nc(C(F)(F)F)n2-c1ccc(NC(=O)Cc2ccccc2)cc1. The molecule has 1 aromatic heterocycles. The van der Waals surface area contributed by atoms with Crippen LogP contribution in [0.15, 0.2) is 72.8 Å². The number of halogens is 3. The van der Waals surface area contributed by atoms with Gasteiger partial charge in [0.15, 0.2) is 0 Å². The first kappa shape index (κ1) is 20.5.